The lowest BCUT2D eigenvalue weighted by Gasteiger charge is -2.32. The van der Waals surface area contributed by atoms with Gasteiger partial charge in [-0.15, -0.1) is 0 Å². The summed E-state index contributed by atoms with van der Waals surface area (Å²) in [7, 11) is 0. The van der Waals surface area contributed by atoms with Crippen LogP contribution in [0.25, 0.3) is 0 Å². The quantitative estimate of drug-likeness (QED) is 0.726. The molecule has 1 fully saturated rings. The van der Waals surface area contributed by atoms with Crippen molar-refractivity contribution in [2.45, 2.75) is 33.6 Å². The molecule has 3 N–H and O–H groups in total. The topological polar surface area (TPSA) is 69.8 Å². The van der Waals surface area contributed by atoms with Gasteiger partial charge in [-0.05, 0) is 39.8 Å². The zero-order valence-electron chi connectivity index (χ0n) is 10.7. The molecule has 5 heteroatoms. The first-order chi connectivity index (χ1) is 8.03. The molecule has 0 bridgehead atoms. The van der Waals surface area contributed by atoms with Gasteiger partial charge in [0, 0.05) is 16.7 Å². The van der Waals surface area contributed by atoms with Crippen molar-refractivity contribution in [2.75, 3.05) is 18.4 Å². The summed E-state index contributed by atoms with van der Waals surface area (Å²) in [6, 6.07) is 0. The Hall–Kier alpha value is -1.36. The minimum atomic E-state index is -0.273. The predicted molar refractivity (Wildman–Crippen MR) is 66.9 cm³/mol. The van der Waals surface area contributed by atoms with Gasteiger partial charge < -0.3 is 10.6 Å². The number of aryl methyl sites for hydroxylation is 1. The van der Waals surface area contributed by atoms with Gasteiger partial charge in [0.2, 0.25) is 5.91 Å². The first kappa shape index (κ1) is 12.1. The molecule has 0 aromatic carbocycles. The van der Waals surface area contributed by atoms with E-state index in [0.717, 1.165) is 37.2 Å². The van der Waals surface area contributed by atoms with Crippen LogP contribution >= 0.6 is 0 Å². The maximum Gasteiger partial charge on any atom is 0.231 e. The molecule has 2 heterocycles. The van der Waals surface area contributed by atoms with Crippen molar-refractivity contribution in [2.24, 2.45) is 5.41 Å². The number of piperidine rings is 1. The fraction of sp³-hybridized carbons (Fsp3) is 0.667. The molecule has 5 nitrogen and oxygen atoms in total. The van der Waals surface area contributed by atoms with Crippen molar-refractivity contribution in [1.29, 1.82) is 0 Å². The lowest BCUT2D eigenvalue weighted by molar-refractivity contribution is -0.126. The third-order valence-electron chi connectivity index (χ3n) is 3.74. The number of anilines is 1. The van der Waals surface area contributed by atoms with Gasteiger partial charge in [0.05, 0.1) is 0 Å². The molecule has 17 heavy (non-hydrogen) atoms. The van der Waals surface area contributed by atoms with Crippen LogP contribution in [0, 0.1) is 19.3 Å². The van der Waals surface area contributed by atoms with E-state index >= 15 is 0 Å². The highest BCUT2D eigenvalue weighted by atomic mass is 16.2. The summed E-state index contributed by atoms with van der Waals surface area (Å²) < 4.78 is 0. The number of amides is 1. The molecule has 0 saturated carbocycles. The molecule has 1 amide bonds. The summed E-state index contributed by atoms with van der Waals surface area (Å²) in [5, 5.41) is 13.2. The van der Waals surface area contributed by atoms with Gasteiger partial charge in [-0.25, -0.2) is 0 Å². The van der Waals surface area contributed by atoms with E-state index in [1.807, 2.05) is 20.8 Å². The van der Waals surface area contributed by atoms with Crippen molar-refractivity contribution in [1.82, 2.24) is 15.5 Å². The maximum atomic E-state index is 12.3. The fourth-order valence-electron chi connectivity index (χ4n) is 2.07. The number of carbonyl (C=O) groups excluding carboxylic acids is 1. The van der Waals surface area contributed by atoms with Crippen molar-refractivity contribution >= 4 is 11.7 Å². The van der Waals surface area contributed by atoms with Crippen molar-refractivity contribution in [3.05, 3.63) is 11.3 Å². The second-order valence-corrected chi connectivity index (χ2v) is 5.09. The minimum absolute atomic E-state index is 0.0774. The summed E-state index contributed by atoms with van der Waals surface area (Å²) in [5.41, 5.74) is 1.73. The van der Waals surface area contributed by atoms with Crippen LogP contribution in [-0.2, 0) is 4.79 Å². The number of nitrogens with zero attached hydrogens (tertiary/aromatic N) is 1. The Bertz CT molecular complexity index is 418. The minimum Gasteiger partial charge on any atom is -0.317 e. The number of carbonyl (C=O) groups is 1. The number of H-pyrrole nitrogens is 1. The molecule has 0 atom stereocenters. The monoisotopic (exact) mass is 236 g/mol. The van der Waals surface area contributed by atoms with Crippen molar-refractivity contribution in [3.63, 3.8) is 0 Å². The summed E-state index contributed by atoms with van der Waals surface area (Å²) >= 11 is 0. The Morgan fingerprint density at radius 2 is 2.00 bits per heavy atom. The Kier molecular flexibility index (Phi) is 3.19. The van der Waals surface area contributed by atoms with E-state index in [1.54, 1.807) is 0 Å². The molecule has 0 spiro atoms. The van der Waals surface area contributed by atoms with Gasteiger partial charge in [0.1, 0.15) is 0 Å². The number of hydrogen-bond acceptors (Lipinski definition) is 3. The lowest BCUT2D eigenvalue weighted by Crippen LogP contribution is -2.43. The van der Waals surface area contributed by atoms with Gasteiger partial charge in [-0.1, -0.05) is 6.92 Å². The number of rotatable bonds is 2. The summed E-state index contributed by atoms with van der Waals surface area (Å²) in [4.78, 5) is 12.3. The molecule has 0 unspecified atom stereocenters. The zero-order chi connectivity index (χ0) is 12.5. The van der Waals surface area contributed by atoms with Gasteiger partial charge >= 0.3 is 0 Å². The van der Waals surface area contributed by atoms with E-state index < -0.39 is 0 Å². The van der Waals surface area contributed by atoms with Crippen LogP contribution in [0.3, 0.4) is 0 Å². The van der Waals surface area contributed by atoms with Crippen molar-refractivity contribution in [3.8, 4) is 0 Å². The molecule has 1 aliphatic rings. The second kappa shape index (κ2) is 4.49. The highest BCUT2D eigenvalue weighted by molar-refractivity contribution is 5.95. The van der Waals surface area contributed by atoms with E-state index in [9.17, 15) is 4.79 Å². The fourth-order valence-corrected chi connectivity index (χ4v) is 2.07. The molecule has 0 aliphatic carbocycles. The average molecular weight is 236 g/mol. The molecule has 1 aromatic heterocycles. The summed E-state index contributed by atoms with van der Waals surface area (Å²) in [6.45, 7) is 7.74. The third kappa shape index (κ3) is 2.34. The normalized spacial score (nSPS) is 19.0. The van der Waals surface area contributed by atoms with Crippen LogP contribution < -0.4 is 10.6 Å². The molecule has 94 valence electrons. The third-order valence-corrected chi connectivity index (χ3v) is 3.74. The Balaban J connectivity index is 2.08. The predicted octanol–water partition coefficient (Wildman–Crippen LogP) is 1.35. The molecule has 0 radical (unpaired) electrons. The SMILES string of the molecule is Cc1[nH]nc(NC(=O)C2(C)CCNCC2)c1C. The first-order valence-corrected chi connectivity index (χ1v) is 6.07. The standard InChI is InChI=1S/C12H20N4O/c1-8-9(2)15-16-10(8)14-11(17)12(3)4-6-13-7-5-12/h13H,4-7H2,1-3H3,(H2,14,15,16,17). The highest BCUT2D eigenvalue weighted by Gasteiger charge is 2.35. The number of aromatic nitrogens is 2. The van der Waals surface area contributed by atoms with Gasteiger partial charge in [-0.2, -0.15) is 5.10 Å². The maximum absolute atomic E-state index is 12.3. The summed E-state index contributed by atoms with van der Waals surface area (Å²) in [6.07, 6.45) is 1.75. The molecule has 1 aromatic rings. The van der Waals surface area contributed by atoms with Crippen LogP contribution in [0.1, 0.15) is 31.0 Å². The van der Waals surface area contributed by atoms with Crippen LogP contribution in [0.4, 0.5) is 5.82 Å². The van der Waals surface area contributed by atoms with Gasteiger partial charge in [-0.3, -0.25) is 9.89 Å². The second-order valence-electron chi connectivity index (χ2n) is 5.09. The Morgan fingerprint density at radius 1 is 1.35 bits per heavy atom. The highest BCUT2D eigenvalue weighted by Crippen LogP contribution is 2.29. The molecular formula is C12H20N4O. The average Bonchev–Trinajstić information content (AvgIpc) is 2.62. The molecule has 1 saturated heterocycles. The van der Waals surface area contributed by atoms with Crippen LogP contribution in [0.15, 0.2) is 0 Å². The van der Waals surface area contributed by atoms with Crippen LogP contribution in [-0.4, -0.2) is 29.2 Å². The van der Waals surface area contributed by atoms with Crippen LogP contribution in [0.2, 0.25) is 0 Å². The number of aromatic amines is 1. The Labute approximate surface area is 101 Å². The van der Waals surface area contributed by atoms with Gasteiger partial charge in [0.15, 0.2) is 5.82 Å². The van der Waals surface area contributed by atoms with E-state index in [0.29, 0.717) is 5.82 Å². The van der Waals surface area contributed by atoms with E-state index in [-0.39, 0.29) is 11.3 Å². The number of nitrogens with one attached hydrogen (secondary N) is 3. The van der Waals surface area contributed by atoms with Gasteiger partial charge in [0.25, 0.3) is 0 Å². The Morgan fingerprint density at radius 3 is 2.53 bits per heavy atom. The van der Waals surface area contributed by atoms with E-state index in [4.69, 9.17) is 0 Å². The first-order valence-electron chi connectivity index (χ1n) is 6.07. The van der Waals surface area contributed by atoms with Crippen LogP contribution in [0.5, 0.6) is 0 Å². The lowest BCUT2D eigenvalue weighted by atomic mass is 9.80. The molecule has 1 aliphatic heterocycles. The van der Waals surface area contributed by atoms with E-state index in [2.05, 4.69) is 20.8 Å². The number of hydrogen-bond donors (Lipinski definition) is 3. The van der Waals surface area contributed by atoms with Crippen molar-refractivity contribution < 1.29 is 4.79 Å². The summed E-state index contributed by atoms with van der Waals surface area (Å²) in [5.74, 6) is 0.737. The largest absolute Gasteiger partial charge is 0.317 e. The zero-order valence-corrected chi connectivity index (χ0v) is 10.7. The molecular weight excluding hydrogens is 216 g/mol. The smallest absolute Gasteiger partial charge is 0.231 e. The molecule has 2 rings (SSSR count). The van der Waals surface area contributed by atoms with E-state index in [1.165, 1.54) is 0 Å².